The molecule has 1 aliphatic rings. The van der Waals surface area contributed by atoms with E-state index in [1.54, 1.807) is 30.9 Å². The van der Waals surface area contributed by atoms with Gasteiger partial charge in [-0.15, -0.1) is 0 Å². The number of β-amino-alcohol motifs (C(OH)–C–C–N with tert-alkyl or cyclic N) is 1. The van der Waals surface area contributed by atoms with Gasteiger partial charge in [0.2, 0.25) is 0 Å². The topological polar surface area (TPSA) is 78.7 Å². The van der Waals surface area contributed by atoms with E-state index in [1.807, 2.05) is 20.8 Å². The van der Waals surface area contributed by atoms with Gasteiger partial charge in [-0.2, -0.15) is 4.31 Å². The summed E-state index contributed by atoms with van der Waals surface area (Å²) < 4.78 is 28.9. The molecule has 0 bridgehead atoms. The van der Waals surface area contributed by atoms with Crippen LogP contribution in [0.3, 0.4) is 0 Å². The average molecular weight is 344 g/mol. The number of sulfonamides is 1. The Hall–Kier alpha value is -0.960. The summed E-state index contributed by atoms with van der Waals surface area (Å²) in [4.78, 5) is 6.18. The standard InChI is InChI=1S/C15H28N4O3S/c1-12(2)18-9-14(16-11-18)23(21,22)19-7-6-17(8-13(19)3)10-15(4,5)20/h9,11-13,20H,6-8,10H2,1-5H3. The SMILES string of the molecule is CC1CN(CC(C)(C)O)CCN1S(=O)(=O)c1cn(C(C)C)cn1. The number of imidazole rings is 1. The molecule has 132 valence electrons. The fourth-order valence-electron chi connectivity index (χ4n) is 2.92. The van der Waals surface area contributed by atoms with Gasteiger partial charge in [-0.3, -0.25) is 4.90 Å². The molecule has 0 amide bonds. The monoisotopic (exact) mass is 344 g/mol. The van der Waals surface area contributed by atoms with Crippen LogP contribution in [0.2, 0.25) is 0 Å². The van der Waals surface area contributed by atoms with Crippen molar-refractivity contribution in [2.24, 2.45) is 0 Å². The van der Waals surface area contributed by atoms with E-state index in [4.69, 9.17) is 0 Å². The molecule has 1 aromatic rings. The van der Waals surface area contributed by atoms with Crippen LogP contribution in [-0.4, -0.2) is 70.1 Å². The Bertz CT molecular complexity index is 633. The Balaban J connectivity index is 2.12. The first kappa shape index (κ1) is 18.4. The zero-order valence-electron chi connectivity index (χ0n) is 14.6. The minimum Gasteiger partial charge on any atom is -0.389 e. The van der Waals surface area contributed by atoms with Crippen molar-refractivity contribution in [3.63, 3.8) is 0 Å². The van der Waals surface area contributed by atoms with Crippen molar-refractivity contribution in [3.8, 4) is 0 Å². The van der Waals surface area contributed by atoms with Gasteiger partial charge in [-0.25, -0.2) is 13.4 Å². The van der Waals surface area contributed by atoms with E-state index >= 15 is 0 Å². The van der Waals surface area contributed by atoms with Crippen LogP contribution in [0.15, 0.2) is 17.6 Å². The molecular weight excluding hydrogens is 316 g/mol. The van der Waals surface area contributed by atoms with Crippen molar-refractivity contribution in [3.05, 3.63) is 12.5 Å². The second-order valence-corrected chi connectivity index (χ2v) is 9.10. The van der Waals surface area contributed by atoms with Crippen molar-refractivity contribution >= 4 is 10.0 Å². The summed E-state index contributed by atoms with van der Waals surface area (Å²) in [6.07, 6.45) is 3.16. The Morgan fingerprint density at radius 2 is 2.04 bits per heavy atom. The zero-order valence-corrected chi connectivity index (χ0v) is 15.4. The Labute approximate surface area is 139 Å². The van der Waals surface area contributed by atoms with Crippen LogP contribution in [0, 0.1) is 0 Å². The molecule has 1 aromatic heterocycles. The predicted octanol–water partition coefficient (Wildman–Crippen LogP) is 0.930. The molecule has 7 nitrogen and oxygen atoms in total. The van der Waals surface area contributed by atoms with Crippen molar-refractivity contribution in [2.75, 3.05) is 26.2 Å². The lowest BCUT2D eigenvalue weighted by Gasteiger charge is -2.40. The second-order valence-electron chi connectivity index (χ2n) is 7.27. The fourth-order valence-corrected chi connectivity index (χ4v) is 4.46. The van der Waals surface area contributed by atoms with Gasteiger partial charge in [0.15, 0.2) is 5.03 Å². The van der Waals surface area contributed by atoms with E-state index in [0.29, 0.717) is 26.2 Å². The summed E-state index contributed by atoms with van der Waals surface area (Å²) in [7, 11) is -3.58. The Morgan fingerprint density at radius 1 is 1.39 bits per heavy atom. The summed E-state index contributed by atoms with van der Waals surface area (Å²) in [5.41, 5.74) is -0.781. The van der Waals surface area contributed by atoms with Crippen LogP contribution in [0.4, 0.5) is 0 Å². The molecule has 23 heavy (non-hydrogen) atoms. The summed E-state index contributed by atoms with van der Waals surface area (Å²) in [6.45, 7) is 11.5. The highest BCUT2D eigenvalue weighted by molar-refractivity contribution is 7.89. The van der Waals surface area contributed by atoms with E-state index < -0.39 is 15.6 Å². The number of piperazine rings is 1. The highest BCUT2D eigenvalue weighted by Gasteiger charge is 2.36. The molecule has 0 aliphatic carbocycles. The van der Waals surface area contributed by atoms with Gasteiger partial charge in [0.25, 0.3) is 10.0 Å². The lowest BCUT2D eigenvalue weighted by atomic mass is 10.1. The first-order chi connectivity index (χ1) is 10.5. The first-order valence-corrected chi connectivity index (χ1v) is 9.45. The summed E-state index contributed by atoms with van der Waals surface area (Å²) in [5.74, 6) is 0. The molecule has 2 rings (SSSR count). The largest absolute Gasteiger partial charge is 0.389 e. The molecule has 1 N–H and O–H groups in total. The first-order valence-electron chi connectivity index (χ1n) is 8.01. The van der Waals surface area contributed by atoms with E-state index in [9.17, 15) is 13.5 Å². The predicted molar refractivity (Wildman–Crippen MR) is 88.7 cm³/mol. The maximum atomic E-state index is 12.8. The molecule has 0 aromatic carbocycles. The lowest BCUT2D eigenvalue weighted by Crippen LogP contribution is -2.56. The third kappa shape index (κ3) is 4.32. The van der Waals surface area contributed by atoms with E-state index in [0.717, 1.165) is 0 Å². The van der Waals surface area contributed by atoms with E-state index in [-0.39, 0.29) is 17.1 Å². The number of hydrogen-bond acceptors (Lipinski definition) is 5. The fraction of sp³-hybridized carbons (Fsp3) is 0.800. The number of hydrogen-bond donors (Lipinski definition) is 1. The second kappa shape index (κ2) is 6.51. The third-order valence-corrected chi connectivity index (χ3v) is 5.91. The normalized spacial score (nSPS) is 22.0. The van der Waals surface area contributed by atoms with Gasteiger partial charge in [0.05, 0.1) is 11.9 Å². The molecule has 0 saturated carbocycles. The van der Waals surface area contributed by atoms with Crippen LogP contribution in [-0.2, 0) is 10.0 Å². The maximum absolute atomic E-state index is 12.8. The highest BCUT2D eigenvalue weighted by Crippen LogP contribution is 2.22. The van der Waals surface area contributed by atoms with Crippen LogP contribution in [0.1, 0.15) is 40.7 Å². The van der Waals surface area contributed by atoms with Gasteiger partial charge in [-0.05, 0) is 34.6 Å². The quantitative estimate of drug-likeness (QED) is 0.860. The van der Waals surface area contributed by atoms with Crippen LogP contribution in [0.5, 0.6) is 0 Å². The minimum atomic E-state index is -3.58. The zero-order chi connectivity index (χ0) is 17.4. The van der Waals surface area contributed by atoms with Gasteiger partial charge in [-0.1, -0.05) is 0 Å². The minimum absolute atomic E-state index is 0.106. The smallest absolute Gasteiger partial charge is 0.262 e. The molecule has 1 unspecified atom stereocenters. The number of rotatable bonds is 5. The van der Waals surface area contributed by atoms with Gasteiger partial charge >= 0.3 is 0 Å². The summed E-state index contributed by atoms with van der Waals surface area (Å²) in [6, 6.07) is 0.0211. The molecule has 1 fully saturated rings. The van der Waals surface area contributed by atoms with Gasteiger partial charge in [0.1, 0.15) is 0 Å². The molecule has 1 saturated heterocycles. The number of aromatic nitrogens is 2. The average Bonchev–Trinajstić information content (AvgIpc) is 2.86. The summed E-state index contributed by atoms with van der Waals surface area (Å²) in [5, 5.41) is 10.0. The molecule has 8 heteroatoms. The molecule has 0 spiro atoms. The van der Waals surface area contributed by atoms with E-state index in [2.05, 4.69) is 9.88 Å². The van der Waals surface area contributed by atoms with Crippen LogP contribution >= 0.6 is 0 Å². The number of nitrogens with zero attached hydrogens (tertiary/aromatic N) is 4. The third-order valence-electron chi connectivity index (χ3n) is 4.01. The molecule has 1 atom stereocenters. The van der Waals surface area contributed by atoms with Crippen LogP contribution in [0.25, 0.3) is 0 Å². The van der Waals surface area contributed by atoms with Crippen LogP contribution < -0.4 is 0 Å². The molecule has 1 aliphatic heterocycles. The molecule has 0 radical (unpaired) electrons. The van der Waals surface area contributed by atoms with Crippen molar-refractivity contribution in [1.82, 2.24) is 18.8 Å². The van der Waals surface area contributed by atoms with Crippen molar-refractivity contribution in [1.29, 1.82) is 0 Å². The lowest BCUT2D eigenvalue weighted by molar-refractivity contribution is 0.0180. The summed E-state index contributed by atoms with van der Waals surface area (Å²) >= 11 is 0. The molecular formula is C15H28N4O3S. The highest BCUT2D eigenvalue weighted by atomic mass is 32.2. The van der Waals surface area contributed by atoms with Gasteiger partial charge < -0.3 is 9.67 Å². The molecule has 2 heterocycles. The van der Waals surface area contributed by atoms with Crippen molar-refractivity contribution in [2.45, 2.75) is 57.3 Å². The maximum Gasteiger partial charge on any atom is 0.262 e. The Kier molecular flexibility index (Phi) is 5.20. The van der Waals surface area contributed by atoms with Gasteiger partial charge in [0, 0.05) is 44.5 Å². The Morgan fingerprint density at radius 3 is 2.52 bits per heavy atom. The number of aliphatic hydroxyl groups is 1. The van der Waals surface area contributed by atoms with E-state index in [1.165, 1.54) is 4.31 Å². The van der Waals surface area contributed by atoms with Crippen molar-refractivity contribution < 1.29 is 13.5 Å².